The van der Waals surface area contributed by atoms with Crippen molar-refractivity contribution < 1.29 is 9.59 Å². The smallest absolute Gasteiger partial charge is 0.152 e. The predicted octanol–water partition coefficient (Wildman–Crippen LogP) is 4.73. The van der Waals surface area contributed by atoms with Crippen molar-refractivity contribution in [2.75, 3.05) is 0 Å². The van der Waals surface area contributed by atoms with Crippen LogP contribution in [0.25, 0.3) is 10.6 Å². The summed E-state index contributed by atoms with van der Waals surface area (Å²) in [5.74, 6) is -0.388. The Morgan fingerprint density at radius 2 is 1.79 bits per heavy atom. The number of ketones is 2. The lowest BCUT2D eigenvalue weighted by Gasteiger charge is -2.24. The Hall–Kier alpha value is -1.52. The number of fused-ring (bicyclic) bond motifs is 2. The third kappa shape index (κ3) is 2.44. The number of carbonyl (C=O) groups excluding carboxylic acids is 2. The Labute approximate surface area is 150 Å². The van der Waals surface area contributed by atoms with Gasteiger partial charge in [-0.25, -0.2) is 4.98 Å². The second-order valence-electron chi connectivity index (χ2n) is 6.87. The fourth-order valence-corrected chi connectivity index (χ4v) is 5.03. The maximum absolute atomic E-state index is 12.7. The normalized spacial score (nSPS) is 26.2. The van der Waals surface area contributed by atoms with Gasteiger partial charge in [0, 0.05) is 27.3 Å². The van der Waals surface area contributed by atoms with Gasteiger partial charge >= 0.3 is 0 Å². The van der Waals surface area contributed by atoms with Crippen molar-refractivity contribution in [2.45, 2.75) is 39.0 Å². The number of aromatic nitrogens is 1. The van der Waals surface area contributed by atoms with Crippen molar-refractivity contribution in [2.24, 2.45) is 11.8 Å². The Bertz CT molecular complexity index is 835. The van der Waals surface area contributed by atoms with E-state index in [1.807, 2.05) is 32.0 Å². The highest BCUT2D eigenvalue weighted by Crippen LogP contribution is 2.45. The van der Waals surface area contributed by atoms with E-state index in [0.717, 1.165) is 40.3 Å². The quantitative estimate of drug-likeness (QED) is 0.728. The maximum Gasteiger partial charge on any atom is 0.152 e. The Morgan fingerprint density at radius 1 is 1.12 bits per heavy atom. The number of carbonyl (C=O) groups is 2. The summed E-state index contributed by atoms with van der Waals surface area (Å²) in [7, 11) is 0. The third-order valence-electron chi connectivity index (χ3n) is 5.33. The van der Waals surface area contributed by atoms with Crippen LogP contribution in [0.3, 0.4) is 0 Å². The molecule has 5 heteroatoms. The van der Waals surface area contributed by atoms with Gasteiger partial charge in [-0.05, 0) is 44.7 Å². The van der Waals surface area contributed by atoms with Crippen LogP contribution >= 0.6 is 22.9 Å². The third-order valence-corrected chi connectivity index (χ3v) is 6.77. The highest BCUT2D eigenvalue weighted by atomic mass is 35.5. The topological polar surface area (TPSA) is 47.0 Å². The molecule has 3 atom stereocenters. The molecule has 0 saturated heterocycles. The van der Waals surface area contributed by atoms with Gasteiger partial charge in [0.25, 0.3) is 0 Å². The van der Waals surface area contributed by atoms with Crippen LogP contribution in [0, 0.1) is 25.7 Å². The molecule has 124 valence electrons. The molecule has 1 aromatic heterocycles. The molecule has 0 aliphatic heterocycles. The number of Topliss-reactive ketones (excluding diaryl/α,β-unsaturated/α-hetero) is 2. The van der Waals surface area contributed by atoms with E-state index in [9.17, 15) is 9.59 Å². The molecule has 2 aromatic rings. The molecule has 4 rings (SSSR count). The molecule has 1 heterocycles. The first-order valence-electron chi connectivity index (χ1n) is 8.27. The molecular formula is C19H18ClNO2S. The summed E-state index contributed by atoms with van der Waals surface area (Å²) in [4.78, 5) is 31.1. The second-order valence-corrected chi connectivity index (χ2v) is 8.48. The van der Waals surface area contributed by atoms with Crippen LogP contribution in [0.1, 0.15) is 41.3 Å². The van der Waals surface area contributed by atoms with Crippen LogP contribution < -0.4 is 0 Å². The molecular weight excluding hydrogens is 342 g/mol. The van der Waals surface area contributed by atoms with Crippen molar-refractivity contribution in [1.82, 2.24) is 4.98 Å². The Balaban J connectivity index is 1.74. The van der Waals surface area contributed by atoms with Gasteiger partial charge in [-0.1, -0.05) is 23.7 Å². The minimum absolute atomic E-state index is 0.0519. The van der Waals surface area contributed by atoms with Gasteiger partial charge < -0.3 is 0 Å². The predicted molar refractivity (Wildman–Crippen MR) is 95.6 cm³/mol. The zero-order valence-corrected chi connectivity index (χ0v) is 15.2. The van der Waals surface area contributed by atoms with E-state index >= 15 is 0 Å². The first kappa shape index (κ1) is 16.0. The monoisotopic (exact) mass is 359 g/mol. The number of rotatable bonds is 2. The average Bonchev–Trinajstić information content (AvgIpc) is 3.15. The molecule has 0 radical (unpaired) electrons. The van der Waals surface area contributed by atoms with Crippen molar-refractivity contribution in [3.05, 3.63) is 39.4 Å². The zero-order valence-electron chi connectivity index (χ0n) is 13.6. The number of aryl methyl sites for hydroxylation is 2. The number of halogens is 1. The van der Waals surface area contributed by atoms with E-state index in [0.29, 0.717) is 10.7 Å². The molecule has 2 aliphatic rings. The summed E-state index contributed by atoms with van der Waals surface area (Å²) in [6.07, 6.45) is 2.46. The molecule has 3 nitrogen and oxygen atoms in total. The van der Waals surface area contributed by atoms with Crippen LogP contribution in [0.4, 0.5) is 0 Å². The molecule has 2 aliphatic carbocycles. The van der Waals surface area contributed by atoms with E-state index in [2.05, 4.69) is 0 Å². The Morgan fingerprint density at radius 3 is 2.42 bits per heavy atom. The van der Waals surface area contributed by atoms with Gasteiger partial charge in [-0.2, -0.15) is 0 Å². The fourth-order valence-electron chi connectivity index (χ4n) is 3.90. The van der Waals surface area contributed by atoms with Crippen molar-refractivity contribution in [1.29, 1.82) is 0 Å². The number of hydrogen-bond donors (Lipinski definition) is 0. The maximum atomic E-state index is 12.7. The van der Waals surface area contributed by atoms with Crippen LogP contribution in [-0.4, -0.2) is 16.6 Å². The average molecular weight is 360 g/mol. The summed E-state index contributed by atoms with van der Waals surface area (Å²) in [5.41, 5.74) is 2.62. The SMILES string of the molecule is Cc1ccc(-c2nc(C3C(=O)[C@@H]4CC[C@@H](C4)C3=O)c(C)s2)cc1Cl. The fraction of sp³-hybridized carbons (Fsp3) is 0.421. The first-order chi connectivity index (χ1) is 11.5. The van der Waals surface area contributed by atoms with Gasteiger partial charge in [0.1, 0.15) is 10.9 Å². The van der Waals surface area contributed by atoms with E-state index in [1.165, 1.54) is 11.3 Å². The standard InChI is InChI=1S/C19H18ClNO2S/c1-9-3-4-13(8-14(9)20)19-21-16(10(2)24-19)15-17(22)11-5-6-12(7-11)18(15)23/h3-4,8,11-12,15H,5-7H2,1-2H3/t11-,12+,15?. The largest absolute Gasteiger partial charge is 0.298 e. The van der Waals surface area contributed by atoms with Gasteiger partial charge in [-0.15, -0.1) is 11.3 Å². The van der Waals surface area contributed by atoms with Crippen molar-refractivity contribution >= 4 is 34.5 Å². The lowest BCUT2D eigenvalue weighted by atomic mass is 9.77. The summed E-state index contributed by atoms with van der Waals surface area (Å²) < 4.78 is 0. The van der Waals surface area contributed by atoms with Crippen molar-refractivity contribution in [3.8, 4) is 10.6 Å². The van der Waals surface area contributed by atoms with E-state index in [1.54, 1.807) is 0 Å². The molecule has 2 fully saturated rings. The molecule has 1 unspecified atom stereocenters. The van der Waals surface area contributed by atoms with E-state index < -0.39 is 5.92 Å². The van der Waals surface area contributed by atoms with Gasteiger partial charge in [0.15, 0.2) is 11.6 Å². The molecule has 0 N–H and O–H groups in total. The minimum atomic E-state index is -0.651. The molecule has 0 spiro atoms. The highest BCUT2D eigenvalue weighted by molar-refractivity contribution is 7.15. The van der Waals surface area contributed by atoms with Crippen LogP contribution in [0.5, 0.6) is 0 Å². The van der Waals surface area contributed by atoms with Crippen molar-refractivity contribution in [3.63, 3.8) is 0 Å². The van der Waals surface area contributed by atoms with Crippen LogP contribution in [0.2, 0.25) is 5.02 Å². The molecule has 1 aromatic carbocycles. The first-order valence-corrected chi connectivity index (χ1v) is 9.46. The summed E-state index contributed by atoms with van der Waals surface area (Å²) in [5, 5.41) is 1.52. The van der Waals surface area contributed by atoms with E-state index in [-0.39, 0.29) is 23.4 Å². The second kappa shape index (κ2) is 5.78. The van der Waals surface area contributed by atoms with Gasteiger partial charge in [0.2, 0.25) is 0 Å². The van der Waals surface area contributed by atoms with Crippen LogP contribution in [0.15, 0.2) is 18.2 Å². The summed E-state index contributed by atoms with van der Waals surface area (Å²) in [6, 6.07) is 5.84. The lowest BCUT2D eigenvalue weighted by Crippen LogP contribution is -2.35. The van der Waals surface area contributed by atoms with Crippen LogP contribution in [-0.2, 0) is 9.59 Å². The Kier molecular flexibility index (Phi) is 3.85. The zero-order chi connectivity index (χ0) is 17.0. The number of nitrogens with zero attached hydrogens (tertiary/aromatic N) is 1. The molecule has 24 heavy (non-hydrogen) atoms. The molecule has 2 bridgehead atoms. The number of benzene rings is 1. The van der Waals surface area contributed by atoms with E-state index in [4.69, 9.17) is 16.6 Å². The number of thiazole rings is 1. The van der Waals surface area contributed by atoms with Gasteiger partial charge in [-0.3, -0.25) is 9.59 Å². The minimum Gasteiger partial charge on any atom is -0.298 e. The number of hydrogen-bond acceptors (Lipinski definition) is 4. The lowest BCUT2D eigenvalue weighted by molar-refractivity contribution is -0.136. The summed E-state index contributed by atoms with van der Waals surface area (Å²) >= 11 is 7.75. The van der Waals surface area contributed by atoms with Gasteiger partial charge in [0.05, 0.1) is 5.69 Å². The highest BCUT2D eigenvalue weighted by Gasteiger charge is 2.48. The summed E-state index contributed by atoms with van der Waals surface area (Å²) in [6.45, 7) is 3.91. The molecule has 0 amide bonds. The molecule has 2 saturated carbocycles.